The molecule has 2 amide bonds. The summed E-state index contributed by atoms with van der Waals surface area (Å²) in [5.74, 6) is -2.26. The molecule has 0 spiro atoms. The zero-order valence-electron chi connectivity index (χ0n) is 16.1. The van der Waals surface area contributed by atoms with Gasteiger partial charge in [-0.15, -0.1) is 0 Å². The molecule has 1 aromatic rings. The molecule has 1 aromatic carbocycles. The molecule has 0 bridgehead atoms. The summed E-state index contributed by atoms with van der Waals surface area (Å²) in [6.07, 6.45) is -0.965. The van der Waals surface area contributed by atoms with Crippen molar-refractivity contribution >= 4 is 17.5 Å². The minimum absolute atomic E-state index is 0.224. The fourth-order valence-corrected chi connectivity index (χ4v) is 3.22. The molecule has 5 nitrogen and oxygen atoms in total. The van der Waals surface area contributed by atoms with Crippen molar-refractivity contribution in [3.8, 4) is 0 Å². The molecule has 1 aliphatic heterocycles. The number of halogens is 3. The minimum atomic E-state index is -4.99. The highest BCUT2D eigenvalue weighted by molar-refractivity contribution is 6.03. The lowest BCUT2D eigenvalue weighted by Crippen LogP contribution is -2.51. The zero-order chi connectivity index (χ0) is 20.9. The maximum absolute atomic E-state index is 13.0. The highest BCUT2D eigenvalue weighted by Gasteiger charge is 2.44. The second-order valence-electron chi connectivity index (χ2n) is 6.83. The molecule has 0 unspecified atom stereocenters. The third-order valence-electron chi connectivity index (χ3n) is 4.89. The maximum Gasteiger partial charge on any atom is 0.471 e. The van der Waals surface area contributed by atoms with Crippen molar-refractivity contribution in [2.45, 2.75) is 51.4 Å². The Morgan fingerprint density at radius 1 is 1.25 bits per heavy atom. The van der Waals surface area contributed by atoms with Gasteiger partial charge in [-0.2, -0.15) is 13.2 Å². The predicted molar refractivity (Wildman–Crippen MR) is 102 cm³/mol. The normalized spacial score (nSPS) is 16.1. The number of carbonyl (C=O) groups is 2. The summed E-state index contributed by atoms with van der Waals surface area (Å²) in [6, 6.07) is 6.07. The lowest BCUT2D eigenvalue weighted by Gasteiger charge is -2.32. The van der Waals surface area contributed by atoms with Crippen LogP contribution in [0.4, 0.5) is 18.9 Å². The summed E-state index contributed by atoms with van der Waals surface area (Å²) >= 11 is 0. The Labute approximate surface area is 163 Å². The summed E-state index contributed by atoms with van der Waals surface area (Å²) in [6.45, 7) is 3.70. The highest BCUT2D eigenvalue weighted by Crippen LogP contribution is 2.28. The Balaban J connectivity index is 2.19. The Morgan fingerprint density at radius 2 is 1.93 bits per heavy atom. The fraction of sp³-hybridized carbons (Fsp3) is 0.500. The van der Waals surface area contributed by atoms with Crippen LogP contribution in [0, 0.1) is 0 Å². The first-order valence-electron chi connectivity index (χ1n) is 9.40. The van der Waals surface area contributed by atoms with Gasteiger partial charge in [-0.1, -0.05) is 38.1 Å². The topological polar surface area (TPSA) is 66.6 Å². The number of nitrogens with two attached hydrogens (primary N) is 1. The molecule has 2 atom stereocenters. The van der Waals surface area contributed by atoms with E-state index in [9.17, 15) is 22.8 Å². The molecule has 0 aliphatic carbocycles. The van der Waals surface area contributed by atoms with Gasteiger partial charge in [0.1, 0.15) is 0 Å². The van der Waals surface area contributed by atoms with E-state index in [0.29, 0.717) is 13.0 Å². The van der Waals surface area contributed by atoms with Crippen molar-refractivity contribution in [1.82, 2.24) is 4.90 Å². The van der Waals surface area contributed by atoms with Crippen LogP contribution in [-0.2, 0) is 16.0 Å². The molecular formula is C20H26F3N3O2. The van der Waals surface area contributed by atoms with Crippen LogP contribution in [0.2, 0.25) is 0 Å². The van der Waals surface area contributed by atoms with Crippen molar-refractivity contribution in [1.29, 1.82) is 0 Å². The van der Waals surface area contributed by atoms with Gasteiger partial charge in [-0.25, -0.2) is 0 Å². The number of amides is 2. The Kier molecular flexibility index (Phi) is 7.23. The minimum Gasteiger partial charge on any atom is -0.327 e. The van der Waals surface area contributed by atoms with Crippen LogP contribution in [0.5, 0.6) is 0 Å². The van der Waals surface area contributed by atoms with E-state index in [0.717, 1.165) is 22.6 Å². The van der Waals surface area contributed by atoms with Crippen LogP contribution >= 0.6 is 0 Å². The summed E-state index contributed by atoms with van der Waals surface area (Å²) < 4.78 is 39.1. The molecule has 1 heterocycles. The van der Waals surface area contributed by atoms with E-state index >= 15 is 0 Å². The predicted octanol–water partition coefficient (Wildman–Crippen LogP) is 3.04. The summed E-state index contributed by atoms with van der Waals surface area (Å²) in [5, 5.41) is 0. The van der Waals surface area contributed by atoms with Gasteiger partial charge in [-0.05, 0) is 30.9 Å². The van der Waals surface area contributed by atoms with E-state index in [1.807, 2.05) is 24.3 Å². The van der Waals surface area contributed by atoms with Gasteiger partial charge < -0.3 is 15.5 Å². The van der Waals surface area contributed by atoms with E-state index in [1.165, 1.54) is 12.2 Å². The van der Waals surface area contributed by atoms with E-state index < -0.39 is 24.2 Å². The van der Waals surface area contributed by atoms with E-state index in [-0.39, 0.29) is 18.9 Å². The third kappa shape index (κ3) is 5.13. The number of fused-ring (bicyclic) bond motifs is 1. The second kappa shape index (κ2) is 9.23. The molecule has 0 fully saturated rings. The van der Waals surface area contributed by atoms with Crippen molar-refractivity contribution in [2.24, 2.45) is 5.73 Å². The van der Waals surface area contributed by atoms with Crippen LogP contribution in [0.25, 0.3) is 0 Å². The summed E-state index contributed by atoms with van der Waals surface area (Å²) in [7, 11) is 0. The SMILES string of the molecule is CC[C@H](N)CN(C(=O)C(F)(F)F)[C@H](/C=C/C(=O)N1CCc2ccccc21)CC. The quantitative estimate of drug-likeness (QED) is 0.719. The number of alkyl halides is 3. The van der Waals surface area contributed by atoms with Gasteiger partial charge >= 0.3 is 12.1 Å². The van der Waals surface area contributed by atoms with Crippen molar-refractivity contribution in [3.63, 3.8) is 0 Å². The number of benzene rings is 1. The molecule has 1 aliphatic rings. The maximum atomic E-state index is 13.0. The average Bonchev–Trinajstić information content (AvgIpc) is 3.10. The van der Waals surface area contributed by atoms with Crippen LogP contribution < -0.4 is 10.6 Å². The average molecular weight is 397 g/mol. The molecule has 2 rings (SSSR count). The molecule has 154 valence electrons. The Hall–Kier alpha value is -2.35. The first-order chi connectivity index (χ1) is 13.2. The molecule has 0 saturated heterocycles. The molecule has 28 heavy (non-hydrogen) atoms. The highest BCUT2D eigenvalue weighted by atomic mass is 19.4. The summed E-state index contributed by atoms with van der Waals surface area (Å²) in [4.78, 5) is 26.8. The van der Waals surface area contributed by atoms with Crippen molar-refractivity contribution in [3.05, 3.63) is 42.0 Å². The molecular weight excluding hydrogens is 371 g/mol. The Morgan fingerprint density at radius 3 is 2.54 bits per heavy atom. The van der Waals surface area contributed by atoms with Crippen LogP contribution in [0.3, 0.4) is 0 Å². The number of carbonyl (C=O) groups excluding carboxylic acids is 2. The van der Waals surface area contributed by atoms with Gasteiger partial charge in [0, 0.05) is 30.9 Å². The lowest BCUT2D eigenvalue weighted by molar-refractivity contribution is -0.187. The van der Waals surface area contributed by atoms with Crippen molar-refractivity contribution < 1.29 is 22.8 Å². The standard InChI is InChI=1S/C20H26F3N3O2/c1-3-15(24)13-26(19(28)20(21,22)23)16(4-2)9-10-18(27)25-12-11-14-7-5-6-8-17(14)25/h5-10,15-16H,3-4,11-13,24H2,1-2H3/b10-9+/t15-,16-/m0/s1. The molecule has 0 aromatic heterocycles. The van der Waals surface area contributed by atoms with Gasteiger partial charge in [0.2, 0.25) is 0 Å². The van der Waals surface area contributed by atoms with Crippen LogP contribution in [-0.4, -0.2) is 48.1 Å². The fourth-order valence-electron chi connectivity index (χ4n) is 3.22. The van der Waals surface area contributed by atoms with Gasteiger partial charge in [0.15, 0.2) is 0 Å². The summed E-state index contributed by atoms with van der Waals surface area (Å²) in [5.41, 5.74) is 7.66. The molecule has 2 N–H and O–H groups in total. The number of hydrogen-bond acceptors (Lipinski definition) is 3. The monoisotopic (exact) mass is 397 g/mol. The molecule has 8 heteroatoms. The number of hydrogen-bond donors (Lipinski definition) is 1. The van der Waals surface area contributed by atoms with E-state index in [2.05, 4.69) is 0 Å². The largest absolute Gasteiger partial charge is 0.471 e. The lowest BCUT2D eigenvalue weighted by atomic mass is 10.1. The number of para-hydroxylation sites is 1. The van der Waals surface area contributed by atoms with Crippen molar-refractivity contribution in [2.75, 3.05) is 18.0 Å². The van der Waals surface area contributed by atoms with Crippen LogP contribution in [0.1, 0.15) is 32.3 Å². The van der Waals surface area contributed by atoms with Gasteiger partial charge in [-0.3, -0.25) is 9.59 Å². The number of nitrogens with zero attached hydrogens (tertiary/aromatic N) is 2. The second-order valence-corrected chi connectivity index (χ2v) is 6.83. The number of rotatable bonds is 7. The number of anilines is 1. The van der Waals surface area contributed by atoms with E-state index in [4.69, 9.17) is 5.73 Å². The smallest absolute Gasteiger partial charge is 0.327 e. The van der Waals surface area contributed by atoms with E-state index in [1.54, 1.807) is 18.7 Å². The van der Waals surface area contributed by atoms with Gasteiger partial charge in [0.25, 0.3) is 5.91 Å². The molecule has 0 saturated carbocycles. The first kappa shape index (κ1) is 21.9. The first-order valence-corrected chi connectivity index (χ1v) is 9.40. The van der Waals surface area contributed by atoms with Crippen LogP contribution in [0.15, 0.2) is 36.4 Å². The Bertz CT molecular complexity index is 734. The van der Waals surface area contributed by atoms with Gasteiger partial charge in [0.05, 0.1) is 6.04 Å². The molecule has 0 radical (unpaired) electrons. The third-order valence-corrected chi connectivity index (χ3v) is 4.89. The zero-order valence-corrected chi connectivity index (χ0v) is 16.1.